The molecule has 9 rings (SSSR count). The molecule has 0 aliphatic rings. The molecule has 0 bridgehead atoms. The van der Waals surface area contributed by atoms with Gasteiger partial charge in [-0.3, -0.25) is 9.55 Å². The predicted molar refractivity (Wildman–Crippen MR) is 282 cm³/mol. The van der Waals surface area contributed by atoms with Crippen molar-refractivity contribution in [2.75, 3.05) is 0 Å². The quantitative estimate of drug-likeness (QED) is 0.154. The summed E-state index contributed by atoms with van der Waals surface area (Å²) in [5, 5.41) is 12.6. The molecule has 0 aliphatic carbocycles. The maximum Gasteiger partial charge on any atom is 0.148 e. The number of phenolic OH excluding ortho intramolecular Hbond substituents is 1. The van der Waals surface area contributed by atoms with E-state index >= 15 is 0 Å². The summed E-state index contributed by atoms with van der Waals surface area (Å²) in [5.41, 5.74) is 16.7. The van der Waals surface area contributed by atoms with Crippen LogP contribution in [0.5, 0.6) is 5.75 Å². The van der Waals surface area contributed by atoms with E-state index in [0.717, 1.165) is 89.2 Å². The molecule has 0 atom stereocenters. The molecule has 1 N–H and O–H groups in total. The van der Waals surface area contributed by atoms with Gasteiger partial charge < -0.3 is 5.11 Å². The molecule has 5 heteroatoms. The van der Waals surface area contributed by atoms with Gasteiger partial charge in [-0.1, -0.05) is 208 Å². The van der Waals surface area contributed by atoms with Gasteiger partial charge >= 0.3 is 0 Å². The zero-order valence-electron chi connectivity index (χ0n) is 42.2. The van der Waals surface area contributed by atoms with Crippen LogP contribution in [0, 0.1) is 6.07 Å². The van der Waals surface area contributed by atoms with E-state index in [2.05, 4.69) is 206 Å². The van der Waals surface area contributed by atoms with Crippen molar-refractivity contribution in [1.82, 2.24) is 14.5 Å². The van der Waals surface area contributed by atoms with E-state index in [1.807, 2.05) is 44.3 Å². The Bertz CT molecular complexity index is 3330. The first-order chi connectivity index (χ1) is 32.1. The number of phenols is 1. The summed E-state index contributed by atoms with van der Waals surface area (Å²) >= 11 is 0. The van der Waals surface area contributed by atoms with Crippen molar-refractivity contribution in [2.45, 2.75) is 98.3 Å². The van der Waals surface area contributed by atoms with Gasteiger partial charge in [0.1, 0.15) is 11.6 Å². The van der Waals surface area contributed by atoms with Gasteiger partial charge in [0.25, 0.3) is 0 Å². The minimum absolute atomic E-state index is 0. The second kappa shape index (κ2) is 18.6. The van der Waals surface area contributed by atoms with E-state index in [0.29, 0.717) is 11.4 Å². The van der Waals surface area contributed by atoms with Gasteiger partial charge in [0, 0.05) is 45.5 Å². The molecule has 0 unspecified atom stereocenters. The van der Waals surface area contributed by atoms with Crippen molar-refractivity contribution in [3.05, 3.63) is 192 Å². The summed E-state index contributed by atoms with van der Waals surface area (Å²) in [6.45, 7) is 23.7. The van der Waals surface area contributed by atoms with Gasteiger partial charge in [-0.2, -0.15) is 0 Å². The van der Waals surface area contributed by atoms with Crippen LogP contribution in [0.3, 0.4) is 0 Å². The summed E-state index contributed by atoms with van der Waals surface area (Å²) < 4.78 is 11.0. The molecule has 68 heavy (non-hydrogen) atoms. The third kappa shape index (κ3) is 9.54. The molecule has 0 saturated heterocycles. The van der Waals surface area contributed by atoms with Gasteiger partial charge in [0.15, 0.2) is 0 Å². The smallest absolute Gasteiger partial charge is 0.148 e. The second-order valence-electron chi connectivity index (χ2n) is 21.3. The number of para-hydroxylation sites is 1. The van der Waals surface area contributed by atoms with Crippen LogP contribution >= 0.6 is 0 Å². The van der Waals surface area contributed by atoms with E-state index in [1.54, 1.807) is 0 Å². The van der Waals surface area contributed by atoms with Gasteiger partial charge in [-0.05, 0) is 91.4 Å². The summed E-state index contributed by atoms with van der Waals surface area (Å²) in [6, 6.07) is 59.2. The van der Waals surface area contributed by atoms with Gasteiger partial charge in [-0.15, -0.1) is 23.8 Å². The van der Waals surface area contributed by atoms with E-state index < -0.39 is 5.89 Å². The van der Waals surface area contributed by atoms with E-state index in [-0.39, 0.29) is 43.1 Å². The minimum atomic E-state index is -0.728. The summed E-state index contributed by atoms with van der Waals surface area (Å²) in [6.07, 6.45) is 1.86. The van der Waals surface area contributed by atoms with Gasteiger partial charge in [0.2, 0.25) is 0 Å². The number of fused-ring (bicyclic) bond motifs is 1. The fourth-order valence-corrected chi connectivity index (χ4v) is 9.01. The van der Waals surface area contributed by atoms with Crippen LogP contribution in [0.1, 0.15) is 106 Å². The van der Waals surface area contributed by atoms with Crippen LogP contribution in [-0.4, -0.2) is 19.6 Å². The normalized spacial score (nSPS) is 12.5. The van der Waals surface area contributed by atoms with E-state index in [4.69, 9.17) is 11.3 Å². The Labute approximate surface area is 419 Å². The number of benzene rings is 7. The first-order valence-corrected chi connectivity index (χ1v) is 23.5. The molecular weight excluding hydrogens is 1010 g/mol. The maximum absolute atomic E-state index is 12.6. The molecule has 0 fully saturated rings. The molecule has 0 amide bonds. The largest absolute Gasteiger partial charge is 0.507 e. The van der Waals surface area contributed by atoms with E-state index in [1.165, 1.54) is 5.56 Å². The maximum atomic E-state index is 12.6. The van der Waals surface area contributed by atoms with E-state index in [9.17, 15) is 5.11 Å². The third-order valence-corrected chi connectivity index (χ3v) is 13.0. The fourth-order valence-electron chi connectivity index (χ4n) is 9.01. The molecule has 0 spiro atoms. The zero-order valence-corrected chi connectivity index (χ0v) is 43.5. The molecule has 0 radical (unpaired) electrons. The summed E-state index contributed by atoms with van der Waals surface area (Å²) in [5.74, 6) is 0.169. The minimum Gasteiger partial charge on any atom is -0.507 e. The van der Waals surface area contributed by atoms with Crippen LogP contribution in [-0.2, 0) is 37.3 Å². The molecule has 2 heterocycles. The van der Waals surface area contributed by atoms with Crippen molar-refractivity contribution < 1.29 is 27.5 Å². The SMILES string of the molecule is [2H]C(C)(C)c1cccc(-c2ccnc(-c3[c-]c(-c4cccc5c4nc(-c4cc(C(C)(C)C)cc(C(C)(C)C)c4O)n5-c4ccc(C(C)(C)C)cc4-c4ccccc4)cc(-c4ccccc4)c3)c2)c1.[Pt]. The predicted octanol–water partition coefficient (Wildman–Crippen LogP) is 16.9. The van der Waals surface area contributed by atoms with Crippen molar-refractivity contribution in [3.8, 4) is 78.6 Å². The van der Waals surface area contributed by atoms with Crippen LogP contribution in [0.25, 0.3) is 83.9 Å². The Hall–Kier alpha value is -6.35. The Kier molecular flexibility index (Phi) is 12.8. The fraction of sp³-hybridized carbons (Fsp3) is 0.238. The van der Waals surface area contributed by atoms with Gasteiger partial charge in [0.05, 0.1) is 22.3 Å². The molecular formula is C63H62N3OPt-. The Balaban J connectivity index is 0.00000642. The van der Waals surface area contributed by atoms with Crippen molar-refractivity contribution in [3.63, 3.8) is 0 Å². The number of aromatic hydroxyl groups is 1. The topological polar surface area (TPSA) is 50.9 Å². The number of rotatable bonds is 8. The van der Waals surface area contributed by atoms with Crippen molar-refractivity contribution >= 4 is 11.0 Å². The molecule has 7 aromatic carbocycles. The number of aromatic nitrogens is 3. The third-order valence-electron chi connectivity index (χ3n) is 13.0. The van der Waals surface area contributed by atoms with Crippen LogP contribution in [0.15, 0.2) is 164 Å². The molecule has 0 aliphatic heterocycles. The average Bonchev–Trinajstić information content (AvgIpc) is 3.70. The zero-order chi connectivity index (χ0) is 48.3. The molecule has 0 saturated carbocycles. The Morgan fingerprint density at radius 2 is 1.16 bits per heavy atom. The molecule has 9 aromatic rings. The number of hydrogen-bond donors (Lipinski definition) is 1. The van der Waals surface area contributed by atoms with Crippen molar-refractivity contribution in [2.24, 2.45) is 0 Å². The monoisotopic (exact) mass is 1070 g/mol. The average molecular weight is 1070 g/mol. The first kappa shape index (κ1) is 46.7. The summed E-state index contributed by atoms with van der Waals surface area (Å²) in [4.78, 5) is 10.6. The standard InChI is InChI=1S/C63H62N3O.Pt/c1-40(2)43-24-18-25-44(32-43)45-30-31-64-55(36-45)48-34-46(41-20-14-12-15-21-41)33-47(35-48)51-26-19-27-57-58(51)65-60(53-38-50(62(6,7)8)39-54(59(53)67)63(9,10)11)66(57)56-29-28-49(61(3,4)5)37-52(56)42-22-16-13-17-23-42;/h12-34,36-40,67H,1-11H3;/q-1;/i40D;. The molecule has 4 nitrogen and oxygen atoms in total. The number of nitrogens with zero attached hydrogens (tertiary/aromatic N) is 3. The molecule has 2 aromatic heterocycles. The Morgan fingerprint density at radius 1 is 0.544 bits per heavy atom. The van der Waals surface area contributed by atoms with Crippen LogP contribution < -0.4 is 0 Å². The van der Waals surface area contributed by atoms with Crippen LogP contribution in [0.4, 0.5) is 0 Å². The Morgan fingerprint density at radius 3 is 1.82 bits per heavy atom. The number of imidazole rings is 1. The van der Waals surface area contributed by atoms with Crippen LogP contribution in [0.2, 0.25) is 0 Å². The number of pyridine rings is 1. The number of hydrogen-bond acceptors (Lipinski definition) is 3. The first-order valence-electron chi connectivity index (χ1n) is 24.0. The van der Waals surface area contributed by atoms with Crippen molar-refractivity contribution in [1.29, 1.82) is 0 Å². The molecule has 346 valence electrons. The second-order valence-corrected chi connectivity index (χ2v) is 21.3. The van der Waals surface area contributed by atoms with Gasteiger partial charge in [-0.25, -0.2) is 4.98 Å². The summed E-state index contributed by atoms with van der Waals surface area (Å²) in [7, 11) is 0.